The van der Waals surface area contributed by atoms with Crippen LogP contribution in [0.15, 0.2) is 18.2 Å². The number of fused-ring (bicyclic) bond motifs is 1. The van der Waals surface area contributed by atoms with E-state index in [-0.39, 0.29) is 18.2 Å². The van der Waals surface area contributed by atoms with Crippen LogP contribution in [0.25, 0.3) is 0 Å². The van der Waals surface area contributed by atoms with Gasteiger partial charge in [0.05, 0.1) is 12.5 Å². The summed E-state index contributed by atoms with van der Waals surface area (Å²) in [5.74, 6) is -1.11. The highest BCUT2D eigenvalue weighted by atomic mass is 19.1. The molecule has 0 spiro atoms. The normalized spacial score (nSPS) is 24.3. The van der Waals surface area contributed by atoms with Gasteiger partial charge < -0.3 is 15.4 Å². The van der Waals surface area contributed by atoms with Crippen molar-refractivity contribution in [2.45, 2.75) is 18.8 Å². The molecule has 2 heterocycles. The molecule has 21 heavy (non-hydrogen) atoms. The van der Waals surface area contributed by atoms with Gasteiger partial charge >= 0.3 is 0 Å². The lowest BCUT2D eigenvalue weighted by Crippen LogP contribution is -2.37. The molecule has 0 aliphatic carbocycles. The fraction of sp³-hybridized carbons (Fsp3) is 0.467. The highest BCUT2D eigenvalue weighted by molar-refractivity contribution is 6.01. The molecular weight excluding hydrogens is 275 g/mol. The second-order valence-corrected chi connectivity index (χ2v) is 5.51. The average molecular weight is 292 g/mol. The Hall–Kier alpha value is -1.95. The SMILES string of the molecule is O=C1C[C@@H](C(=O)NC[C@H]2CCOC2)c2ccc(F)cc2N1. The number of hydrogen-bond acceptors (Lipinski definition) is 3. The lowest BCUT2D eigenvalue weighted by atomic mass is 9.89. The van der Waals surface area contributed by atoms with Gasteiger partial charge in [-0.3, -0.25) is 9.59 Å². The molecule has 0 aromatic heterocycles. The molecule has 1 aromatic carbocycles. The molecule has 0 unspecified atom stereocenters. The summed E-state index contributed by atoms with van der Waals surface area (Å²) in [5.41, 5.74) is 1.05. The van der Waals surface area contributed by atoms with Crippen LogP contribution in [0.3, 0.4) is 0 Å². The fourth-order valence-electron chi connectivity index (χ4n) is 2.78. The van der Waals surface area contributed by atoms with Crippen LogP contribution in [-0.4, -0.2) is 31.6 Å². The van der Waals surface area contributed by atoms with Crippen molar-refractivity contribution < 1.29 is 18.7 Å². The Kier molecular flexibility index (Phi) is 3.88. The van der Waals surface area contributed by atoms with E-state index in [2.05, 4.69) is 10.6 Å². The van der Waals surface area contributed by atoms with Gasteiger partial charge in [0, 0.05) is 31.2 Å². The van der Waals surface area contributed by atoms with Crippen LogP contribution >= 0.6 is 0 Å². The first-order valence-corrected chi connectivity index (χ1v) is 7.08. The average Bonchev–Trinajstić information content (AvgIpc) is 2.96. The van der Waals surface area contributed by atoms with Crippen molar-refractivity contribution in [3.8, 4) is 0 Å². The van der Waals surface area contributed by atoms with Crippen molar-refractivity contribution in [1.29, 1.82) is 0 Å². The van der Waals surface area contributed by atoms with Crippen molar-refractivity contribution >= 4 is 17.5 Å². The van der Waals surface area contributed by atoms with E-state index in [0.717, 1.165) is 13.0 Å². The molecule has 1 aromatic rings. The number of anilines is 1. The molecule has 2 aliphatic rings. The van der Waals surface area contributed by atoms with Crippen LogP contribution in [0.1, 0.15) is 24.3 Å². The third-order valence-corrected chi connectivity index (χ3v) is 3.96. The summed E-state index contributed by atoms with van der Waals surface area (Å²) in [6.45, 7) is 1.94. The van der Waals surface area contributed by atoms with Crippen molar-refractivity contribution in [2.24, 2.45) is 5.92 Å². The quantitative estimate of drug-likeness (QED) is 0.885. The van der Waals surface area contributed by atoms with E-state index in [0.29, 0.717) is 30.3 Å². The van der Waals surface area contributed by atoms with E-state index in [9.17, 15) is 14.0 Å². The first-order valence-electron chi connectivity index (χ1n) is 7.08. The van der Waals surface area contributed by atoms with Crippen molar-refractivity contribution in [3.05, 3.63) is 29.6 Å². The maximum Gasteiger partial charge on any atom is 0.228 e. The zero-order chi connectivity index (χ0) is 14.8. The Morgan fingerprint density at radius 2 is 2.33 bits per heavy atom. The molecule has 1 saturated heterocycles. The molecule has 6 heteroatoms. The third kappa shape index (κ3) is 3.05. The minimum atomic E-state index is -0.559. The number of amides is 2. The van der Waals surface area contributed by atoms with Crippen molar-refractivity contribution in [3.63, 3.8) is 0 Å². The molecule has 0 bridgehead atoms. The Morgan fingerprint density at radius 3 is 3.10 bits per heavy atom. The summed E-state index contributed by atoms with van der Waals surface area (Å²) in [5, 5.41) is 5.48. The number of halogens is 1. The van der Waals surface area contributed by atoms with E-state index < -0.39 is 11.7 Å². The second-order valence-electron chi connectivity index (χ2n) is 5.51. The highest BCUT2D eigenvalue weighted by Gasteiger charge is 2.31. The number of benzene rings is 1. The predicted octanol–water partition coefficient (Wildman–Crippen LogP) is 1.40. The standard InChI is InChI=1S/C15H17FN2O3/c16-10-1-2-11-12(6-14(19)18-13(11)5-10)15(20)17-7-9-3-4-21-8-9/h1-2,5,9,12H,3-4,6-8H2,(H,17,20)(H,18,19)/t9-,12-/m1/s1. The summed E-state index contributed by atoms with van der Waals surface area (Å²) in [7, 11) is 0. The first-order chi connectivity index (χ1) is 10.1. The number of hydrogen-bond donors (Lipinski definition) is 2. The van der Waals surface area contributed by atoms with E-state index >= 15 is 0 Å². The van der Waals surface area contributed by atoms with E-state index in [1.165, 1.54) is 12.1 Å². The van der Waals surface area contributed by atoms with Gasteiger partial charge in [-0.05, 0) is 24.1 Å². The van der Waals surface area contributed by atoms with Crippen LogP contribution in [-0.2, 0) is 14.3 Å². The van der Waals surface area contributed by atoms with Gasteiger partial charge in [0.2, 0.25) is 11.8 Å². The van der Waals surface area contributed by atoms with Crippen LogP contribution in [0.5, 0.6) is 0 Å². The third-order valence-electron chi connectivity index (χ3n) is 3.96. The topological polar surface area (TPSA) is 67.4 Å². The summed E-state index contributed by atoms with van der Waals surface area (Å²) in [4.78, 5) is 24.0. The number of carbonyl (C=O) groups is 2. The van der Waals surface area contributed by atoms with Gasteiger partial charge in [-0.1, -0.05) is 6.07 Å². The molecule has 0 radical (unpaired) electrons. The molecule has 2 amide bonds. The lowest BCUT2D eigenvalue weighted by molar-refractivity contribution is -0.126. The summed E-state index contributed by atoms with van der Waals surface area (Å²) >= 11 is 0. The Morgan fingerprint density at radius 1 is 1.48 bits per heavy atom. The monoisotopic (exact) mass is 292 g/mol. The van der Waals surface area contributed by atoms with Gasteiger partial charge in [-0.15, -0.1) is 0 Å². The minimum absolute atomic E-state index is 0.0889. The largest absolute Gasteiger partial charge is 0.381 e. The van der Waals surface area contributed by atoms with Gasteiger partial charge in [0.25, 0.3) is 0 Å². The maximum absolute atomic E-state index is 13.2. The summed E-state index contributed by atoms with van der Waals surface area (Å²) in [6, 6.07) is 4.12. The van der Waals surface area contributed by atoms with Crippen molar-refractivity contribution in [2.75, 3.05) is 25.1 Å². The predicted molar refractivity (Wildman–Crippen MR) is 74.3 cm³/mol. The molecule has 2 aliphatic heterocycles. The molecule has 3 rings (SSSR count). The summed E-state index contributed by atoms with van der Waals surface area (Å²) < 4.78 is 18.5. The van der Waals surface area contributed by atoms with E-state index in [1.54, 1.807) is 6.07 Å². The van der Waals surface area contributed by atoms with E-state index in [1.807, 2.05) is 0 Å². The van der Waals surface area contributed by atoms with Crippen LogP contribution in [0, 0.1) is 11.7 Å². The second kappa shape index (κ2) is 5.81. The molecule has 0 saturated carbocycles. The van der Waals surface area contributed by atoms with Gasteiger partial charge in [-0.25, -0.2) is 4.39 Å². The molecule has 5 nitrogen and oxygen atoms in total. The van der Waals surface area contributed by atoms with Gasteiger partial charge in [-0.2, -0.15) is 0 Å². The first kappa shape index (κ1) is 14.0. The zero-order valence-electron chi connectivity index (χ0n) is 11.5. The van der Waals surface area contributed by atoms with Gasteiger partial charge in [0.15, 0.2) is 0 Å². The molecule has 2 atom stereocenters. The highest BCUT2D eigenvalue weighted by Crippen LogP contribution is 2.32. The lowest BCUT2D eigenvalue weighted by Gasteiger charge is -2.25. The Balaban J connectivity index is 1.72. The molecule has 2 N–H and O–H groups in total. The van der Waals surface area contributed by atoms with Crippen molar-refractivity contribution in [1.82, 2.24) is 5.32 Å². The van der Waals surface area contributed by atoms with Crippen LogP contribution in [0.4, 0.5) is 10.1 Å². The Labute approximate surface area is 121 Å². The zero-order valence-corrected chi connectivity index (χ0v) is 11.5. The maximum atomic E-state index is 13.2. The number of ether oxygens (including phenoxy) is 1. The molecule has 112 valence electrons. The molecular formula is C15H17FN2O3. The number of rotatable bonds is 3. The smallest absolute Gasteiger partial charge is 0.228 e. The Bertz CT molecular complexity index is 570. The van der Waals surface area contributed by atoms with Crippen LogP contribution in [0.2, 0.25) is 0 Å². The number of carbonyl (C=O) groups excluding carboxylic acids is 2. The summed E-state index contributed by atoms with van der Waals surface area (Å²) in [6.07, 6.45) is 1.03. The minimum Gasteiger partial charge on any atom is -0.381 e. The fourth-order valence-corrected chi connectivity index (χ4v) is 2.78. The van der Waals surface area contributed by atoms with E-state index in [4.69, 9.17) is 4.74 Å². The van der Waals surface area contributed by atoms with Gasteiger partial charge in [0.1, 0.15) is 5.82 Å². The van der Waals surface area contributed by atoms with Crippen LogP contribution < -0.4 is 10.6 Å². The molecule has 1 fully saturated rings. The number of nitrogens with one attached hydrogen (secondary N) is 2.